The molecule has 0 radical (unpaired) electrons. The van der Waals surface area contributed by atoms with Gasteiger partial charge in [-0.2, -0.15) is 5.10 Å². The van der Waals surface area contributed by atoms with Gasteiger partial charge in [-0.15, -0.1) is 11.3 Å². The van der Waals surface area contributed by atoms with Crippen molar-refractivity contribution in [3.8, 4) is 16.3 Å². The van der Waals surface area contributed by atoms with E-state index in [1.807, 2.05) is 51.5 Å². The third-order valence-electron chi connectivity index (χ3n) is 4.34. The zero-order valence-corrected chi connectivity index (χ0v) is 14.7. The molecule has 3 aromatic rings. The van der Waals surface area contributed by atoms with Crippen molar-refractivity contribution in [3.05, 3.63) is 53.8 Å². The summed E-state index contributed by atoms with van der Waals surface area (Å²) in [6.45, 7) is 4.43. The summed E-state index contributed by atoms with van der Waals surface area (Å²) in [6, 6.07) is 10.1. The number of hydrogen-bond donors (Lipinski definition) is 1. The Morgan fingerprint density at radius 1 is 1.32 bits per heavy atom. The zero-order chi connectivity index (χ0) is 17.2. The molecule has 0 saturated carbocycles. The van der Waals surface area contributed by atoms with E-state index in [-0.39, 0.29) is 11.9 Å². The SMILES string of the molecule is CC1CNCCN1C(=O)c1csc(-c2cnn(-c3ccccc3)c2)n1. The number of thiazole rings is 1. The minimum absolute atomic E-state index is 0.00644. The Morgan fingerprint density at radius 3 is 2.96 bits per heavy atom. The molecule has 1 aliphatic heterocycles. The van der Waals surface area contributed by atoms with E-state index < -0.39 is 0 Å². The van der Waals surface area contributed by atoms with Crippen LogP contribution in [0.1, 0.15) is 17.4 Å². The van der Waals surface area contributed by atoms with Crippen molar-refractivity contribution < 1.29 is 4.79 Å². The van der Waals surface area contributed by atoms with Crippen LogP contribution in [0.3, 0.4) is 0 Å². The minimum Gasteiger partial charge on any atom is -0.332 e. The maximum absolute atomic E-state index is 12.7. The highest BCUT2D eigenvalue weighted by molar-refractivity contribution is 7.13. The van der Waals surface area contributed by atoms with Crippen LogP contribution in [0.5, 0.6) is 0 Å². The van der Waals surface area contributed by atoms with E-state index in [1.165, 1.54) is 11.3 Å². The van der Waals surface area contributed by atoms with E-state index in [9.17, 15) is 4.79 Å². The lowest BCUT2D eigenvalue weighted by Crippen LogP contribution is -2.52. The minimum atomic E-state index is 0.00644. The Bertz CT molecular complexity index is 872. The molecule has 1 unspecified atom stereocenters. The standard InChI is InChI=1S/C18H19N5OS/c1-13-9-19-7-8-22(13)18(24)16-12-25-17(21-16)14-10-20-23(11-14)15-5-3-2-4-6-15/h2-6,10-13,19H,7-9H2,1H3. The van der Waals surface area contributed by atoms with Crippen LogP contribution in [-0.4, -0.2) is 51.2 Å². The van der Waals surface area contributed by atoms with Crippen LogP contribution in [0, 0.1) is 0 Å². The maximum Gasteiger partial charge on any atom is 0.273 e. The van der Waals surface area contributed by atoms with Crippen molar-refractivity contribution in [2.45, 2.75) is 13.0 Å². The fourth-order valence-corrected chi connectivity index (χ4v) is 3.72. The largest absolute Gasteiger partial charge is 0.332 e. The Morgan fingerprint density at radius 2 is 2.16 bits per heavy atom. The molecular weight excluding hydrogens is 334 g/mol. The molecule has 3 heterocycles. The van der Waals surface area contributed by atoms with Crippen LogP contribution >= 0.6 is 11.3 Å². The van der Waals surface area contributed by atoms with Crippen LogP contribution in [0.15, 0.2) is 48.1 Å². The molecule has 1 saturated heterocycles. The highest BCUT2D eigenvalue weighted by Gasteiger charge is 2.26. The zero-order valence-electron chi connectivity index (χ0n) is 13.9. The van der Waals surface area contributed by atoms with Gasteiger partial charge < -0.3 is 10.2 Å². The third kappa shape index (κ3) is 3.20. The Hall–Kier alpha value is -2.51. The van der Waals surface area contributed by atoms with Crippen LogP contribution in [0.25, 0.3) is 16.3 Å². The Labute approximate surface area is 150 Å². The summed E-state index contributed by atoms with van der Waals surface area (Å²) in [6.07, 6.45) is 3.73. The molecule has 25 heavy (non-hydrogen) atoms. The number of carbonyl (C=O) groups is 1. The van der Waals surface area contributed by atoms with Crippen molar-refractivity contribution in [3.63, 3.8) is 0 Å². The van der Waals surface area contributed by atoms with Crippen molar-refractivity contribution in [2.75, 3.05) is 19.6 Å². The van der Waals surface area contributed by atoms with Gasteiger partial charge in [-0.25, -0.2) is 9.67 Å². The van der Waals surface area contributed by atoms with E-state index in [2.05, 4.69) is 22.3 Å². The molecule has 0 bridgehead atoms. The Balaban J connectivity index is 1.55. The summed E-state index contributed by atoms with van der Waals surface area (Å²) >= 11 is 1.48. The molecule has 1 fully saturated rings. The van der Waals surface area contributed by atoms with Crippen LogP contribution in [0.4, 0.5) is 0 Å². The molecule has 128 valence electrons. The van der Waals surface area contributed by atoms with Gasteiger partial charge in [0.1, 0.15) is 10.7 Å². The number of nitrogens with zero attached hydrogens (tertiary/aromatic N) is 4. The molecule has 0 spiro atoms. The molecule has 6 nitrogen and oxygen atoms in total. The average molecular weight is 353 g/mol. The first kappa shape index (κ1) is 16.0. The summed E-state index contributed by atoms with van der Waals surface area (Å²) in [4.78, 5) is 19.1. The lowest BCUT2D eigenvalue weighted by Gasteiger charge is -2.33. The number of aromatic nitrogens is 3. The van der Waals surface area contributed by atoms with Crippen LogP contribution < -0.4 is 5.32 Å². The predicted molar refractivity (Wildman–Crippen MR) is 98.0 cm³/mol. The molecule has 4 rings (SSSR count). The molecule has 2 aromatic heterocycles. The van der Waals surface area contributed by atoms with Crippen molar-refractivity contribution in [2.24, 2.45) is 0 Å². The topological polar surface area (TPSA) is 63.1 Å². The smallest absolute Gasteiger partial charge is 0.273 e. The van der Waals surface area contributed by atoms with Gasteiger partial charge in [-0.05, 0) is 19.1 Å². The normalized spacial score (nSPS) is 17.6. The molecule has 0 aliphatic carbocycles. The van der Waals surface area contributed by atoms with Gasteiger partial charge >= 0.3 is 0 Å². The van der Waals surface area contributed by atoms with Gasteiger partial charge in [0.15, 0.2) is 0 Å². The van der Waals surface area contributed by atoms with E-state index in [4.69, 9.17) is 0 Å². The summed E-state index contributed by atoms with van der Waals surface area (Å²) in [7, 11) is 0. The van der Waals surface area contributed by atoms with E-state index in [1.54, 1.807) is 6.20 Å². The second-order valence-corrected chi connectivity index (χ2v) is 6.96. The second kappa shape index (κ2) is 6.78. The highest BCUT2D eigenvalue weighted by Crippen LogP contribution is 2.25. The monoisotopic (exact) mass is 353 g/mol. The quantitative estimate of drug-likeness (QED) is 0.785. The summed E-state index contributed by atoms with van der Waals surface area (Å²) < 4.78 is 1.82. The van der Waals surface area contributed by atoms with E-state index >= 15 is 0 Å². The predicted octanol–water partition coefficient (Wildman–Crippen LogP) is 2.43. The molecule has 1 aliphatic rings. The third-order valence-corrected chi connectivity index (χ3v) is 5.23. The van der Waals surface area contributed by atoms with Crippen molar-refractivity contribution in [1.82, 2.24) is 25.0 Å². The van der Waals surface area contributed by atoms with E-state index in [0.717, 1.165) is 35.9 Å². The number of para-hydroxylation sites is 1. The number of nitrogens with one attached hydrogen (secondary N) is 1. The first-order chi connectivity index (χ1) is 12.2. The fourth-order valence-electron chi connectivity index (χ4n) is 2.95. The number of carbonyl (C=O) groups excluding carboxylic acids is 1. The molecule has 1 atom stereocenters. The lowest BCUT2D eigenvalue weighted by molar-refractivity contribution is 0.0650. The molecule has 7 heteroatoms. The Kier molecular flexibility index (Phi) is 4.33. The van der Waals surface area contributed by atoms with Gasteiger partial charge in [0.05, 0.1) is 11.9 Å². The van der Waals surface area contributed by atoms with Gasteiger partial charge in [-0.3, -0.25) is 4.79 Å². The van der Waals surface area contributed by atoms with E-state index in [0.29, 0.717) is 5.69 Å². The average Bonchev–Trinajstić information content (AvgIpc) is 3.32. The summed E-state index contributed by atoms with van der Waals surface area (Å²) in [5.74, 6) is 0.00644. The van der Waals surface area contributed by atoms with Gasteiger partial charge in [0.25, 0.3) is 5.91 Å². The van der Waals surface area contributed by atoms with Crippen LogP contribution in [-0.2, 0) is 0 Å². The molecule has 1 N–H and O–H groups in total. The maximum atomic E-state index is 12.7. The molecule has 1 amide bonds. The van der Waals surface area contributed by atoms with Gasteiger partial charge in [0.2, 0.25) is 0 Å². The summed E-state index contributed by atoms with van der Waals surface area (Å²) in [5.41, 5.74) is 2.43. The van der Waals surface area contributed by atoms with Crippen molar-refractivity contribution >= 4 is 17.2 Å². The first-order valence-electron chi connectivity index (χ1n) is 8.30. The highest BCUT2D eigenvalue weighted by atomic mass is 32.1. The van der Waals surface area contributed by atoms with Gasteiger partial charge in [-0.1, -0.05) is 18.2 Å². The molecule has 1 aromatic carbocycles. The number of hydrogen-bond acceptors (Lipinski definition) is 5. The second-order valence-electron chi connectivity index (χ2n) is 6.10. The first-order valence-corrected chi connectivity index (χ1v) is 9.18. The number of benzene rings is 1. The number of rotatable bonds is 3. The number of amides is 1. The fraction of sp³-hybridized carbons (Fsp3) is 0.278. The van der Waals surface area contributed by atoms with Crippen LogP contribution in [0.2, 0.25) is 0 Å². The number of piperazine rings is 1. The molecular formula is C18H19N5OS. The lowest BCUT2D eigenvalue weighted by atomic mass is 10.2. The van der Waals surface area contributed by atoms with Gasteiger partial charge in [0, 0.05) is 42.8 Å². The van der Waals surface area contributed by atoms with Crippen molar-refractivity contribution in [1.29, 1.82) is 0 Å². The summed E-state index contributed by atoms with van der Waals surface area (Å²) in [5, 5.41) is 10.3.